The van der Waals surface area contributed by atoms with E-state index in [1.807, 2.05) is 31.2 Å². The van der Waals surface area contributed by atoms with Crippen molar-refractivity contribution in [1.82, 2.24) is 0 Å². The van der Waals surface area contributed by atoms with Crippen LogP contribution < -0.4 is 4.74 Å². The van der Waals surface area contributed by atoms with Gasteiger partial charge in [-0.05, 0) is 37.0 Å². The number of hydrogen-bond acceptors (Lipinski definition) is 2. The number of benzene rings is 1. The summed E-state index contributed by atoms with van der Waals surface area (Å²) in [7, 11) is 0. The fourth-order valence-electron chi connectivity index (χ4n) is 1.64. The van der Waals surface area contributed by atoms with Crippen LogP contribution in [0.25, 0.3) is 0 Å². The zero-order chi connectivity index (χ0) is 12.0. The van der Waals surface area contributed by atoms with Crippen molar-refractivity contribution in [2.75, 3.05) is 6.61 Å². The highest BCUT2D eigenvalue weighted by molar-refractivity contribution is 5.28. The molecule has 0 aliphatic heterocycles. The van der Waals surface area contributed by atoms with E-state index in [0.29, 0.717) is 12.5 Å². The monoisotopic (exact) mass is 222 g/mol. The van der Waals surface area contributed by atoms with Crippen molar-refractivity contribution in [3.8, 4) is 5.75 Å². The minimum Gasteiger partial charge on any atom is -0.494 e. The molecular weight excluding hydrogens is 200 g/mol. The molecule has 0 saturated carbocycles. The van der Waals surface area contributed by atoms with Crippen molar-refractivity contribution in [1.29, 1.82) is 0 Å². The molecule has 0 radical (unpaired) electrons. The van der Waals surface area contributed by atoms with Gasteiger partial charge in [0, 0.05) is 0 Å². The Morgan fingerprint density at radius 3 is 2.31 bits per heavy atom. The predicted molar refractivity (Wildman–Crippen MR) is 66.6 cm³/mol. The number of aliphatic hydroxyl groups excluding tert-OH is 1. The first-order valence-corrected chi connectivity index (χ1v) is 6.08. The summed E-state index contributed by atoms with van der Waals surface area (Å²) >= 11 is 0. The van der Waals surface area contributed by atoms with E-state index in [9.17, 15) is 5.11 Å². The van der Waals surface area contributed by atoms with Gasteiger partial charge in [-0.15, -0.1) is 0 Å². The number of aliphatic hydroxyl groups is 1. The first-order chi connectivity index (χ1) is 7.67. The second-order valence-corrected chi connectivity index (χ2v) is 4.27. The molecule has 0 spiro atoms. The Morgan fingerprint density at radius 1 is 1.19 bits per heavy atom. The van der Waals surface area contributed by atoms with Crippen LogP contribution in [-0.2, 0) is 0 Å². The minimum absolute atomic E-state index is 0.356. The summed E-state index contributed by atoms with van der Waals surface area (Å²) in [6.45, 7) is 6.95. The van der Waals surface area contributed by atoms with Crippen LogP contribution in [0.4, 0.5) is 0 Å². The van der Waals surface area contributed by atoms with Crippen LogP contribution >= 0.6 is 0 Å². The van der Waals surface area contributed by atoms with Gasteiger partial charge in [0.15, 0.2) is 0 Å². The van der Waals surface area contributed by atoms with E-state index in [-0.39, 0.29) is 6.10 Å². The van der Waals surface area contributed by atoms with Gasteiger partial charge in [0.25, 0.3) is 0 Å². The first-order valence-electron chi connectivity index (χ1n) is 6.08. The molecule has 0 bridgehead atoms. The molecule has 0 saturated heterocycles. The Morgan fingerprint density at radius 2 is 1.81 bits per heavy atom. The zero-order valence-electron chi connectivity index (χ0n) is 10.4. The number of hydrogen-bond donors (Lipinski definition) is 1. The van der Waals surface area contributed by atoms with Gasteiger partial charge in [-0.3, -0.25) is 0 Å². The third kappa shape index (κ3) is 3.86. The SMILES string of the molecule is CCOc1ccc(C(O)CC(C)CC)cc1. The van der Waals surface area contributed by atoms with Gasteiger partial charge in [0.1, 0.15) is 5.75 Å². The summed E-state index contributed by atoms with van der Waals surface area (Å²) in [5, 5.41) is 10.0. The molecule has 0 amide bonds. The lowest BCUT2D eigenvalue weighted by Crippen LogP contribution is -2.03. The highest BCUT2D eigenvalue weighted by Gasteiger charge is 2.11. The first kappa shape index (κ1) is 13.0. The summed E-state index contributed by atoms with van der Waals surface area (Å²) in [6.07, 6.45) is 1.57. The summed E-state index contributed by atoms with van der Waals surface area (Å²) in [5.74, 6) is 1.42. The molecule has 0 aliphatic rings. The summed E-state index contributed by atoms with van der Waals surface area (Å²) < 4.78 is 5.36. The van der Waals surface area contributed by atoms with Crippen molar-refractivity contribution in [3.63, 3.8) is 0 Å². The van der Waals surface area contributed by atoms with Gasteiger partial charge in [-0.1, -0.05) is 32.4 Å². The maximum atomic E-state index is 10.0. The van der Waals surface area contributed by atoms with Gasteiger partial charge < -0.3 is 9.84 Å². The minimum atomic E-state index is -0.356. The van der Waals surface area contributed by atoms with Crippen molar-refractivity contribution in [3.05, 3.63) is 29.8 Å². The van der Waals surface area contributed by atoms with Crippen molar-refractivity contribution in [2.24, 2.45) is 5.92 Å². The molecule has 1 aromatic carbocycles. The van der Waals surface area contributed by atoms with E-state index in [1.54, 1.807) is 0 Å². The maximum Gasteiger partial charge on any atom is 0.119 e. The molecule has 0 heterocycles. The van der Waals surface area contributed by atoms with Crippen LogP contribution in [0, 0.1) is 5.92 Å². The molecule has 1 aromatic rings. The lowest BCUT2D eigenvalue weighted by Gasteiger charge is -2.15. The topological polar surface area (TPSA) is 29.5 Å². The van der Waals surface area contributed by atoms with Gasteiger partial charge in [-0.25, -0.2) is 0 Å². The van der Waals surface area contributed by atoms with Gasteiger partial charge in [-0.2, -0.15) is 0 Å². The summed E-state index contributed by atoms with van der Waals surface area (Å²) in [6, 6.07) is 7.72. The Bertz CT molecular complexity index is 292. The molecular formula is C14H22O2. The van der Waals surface area contributed by atoms with E-state index in [0.717, 1.165) is 24.2 Å². The van der Waals surface area contributed by atoms with E-state index in [4.69, 9.17) is 4.74 Å². The molecule has 1 N–H and O–H groups in total. The van der Waals surface area contributed by atoms with E-state index < -0.39 is 0 Å². The predicted octanol–water partition coefficient (Wildman–Crippen LogP) is 3.55. The fraction of sp³-hybridized carbons (Fsp3) is 0.571. The highest BCUT2D eigenvalue weighted by Crippen LogP contribution is 2.24. The van der Waals surface area contributed by atoms with Crippen molar-refractivity contribution < 1.29 is 9.84 Å². The number of ether oxygens (including phenoxy) is 1. The van der Waals surface area contributed by atoms with Crippen LogP contribution in [0.5, 0.6) is 5.75 Å². The summed E-state index contributed by atoms with van der Waals surface area (Å²) in [5.41, 5.74) is 0.976. The van der Waals surface area contributed by atoms with Gasteiger partial charge in [0.05, 0.1) is 12.7 Å². The van der Waals surface area contributed by atoms with Crippen LogP contribution in [0.2, 0.25) is 0 Å². The van der Waals surface area contributed by atoms with Crippen LogP contribution in [0.1, 0.15) is 45.3 Å². The van der Waals surface area contributed by atoms with E-state index >= 15 is 0 Å². The zero-order valence-corrected chi connectivity index (χ0v) is 10.4. The second kappa shape index (κ2) is 6.54. The average molecular weight is 222 g/mol. The average Bonchev–Trinajstić information content (AvgIpc) is 2.30. The highest BCUT2D eigenvalue weighted by atomic mass is 16.5. The van der Waals surface area contributed by atoms with Gasteiger partial charge in [0.2, 0.25) is 0 Å². The standard InChI is InChI=1S/C14H22O2/c1-4-11(3)10-14(15)12-6-8-13(9-7-12)16-5-2/h6-9,11,14-15H,4-5,10H2,1-3H3. The van der Waals surface area contributed by atoms with Crippen LogP contribution in [-0.4, -0.2) is 11.7 Å². The van der Waals surface area contributed by atoms with E-state index in [1.165, 1.54) is 0 Å². The molecule has 2 nitrogen and oxygen atoms in total. The lowest BCUT2D eigenvalue weighted by molar-refractivity contribution is 0.146. The molecule has 2 unspecified atom stereocenters. The molecule has 0 aliphatic carbocycles. The lowest BCUT2D eigenvalue weighted by atomic mass is 9.96. The Balaban J connectivity index is 2.59. The van der Waals surface area contributed by atoms with Crippen molar-refractivity contribution >= 4 is 0 Å². The molecule has 2 atom stereocenters. The third-order valence-corrected chi connectivity index (χ3v) is 2.90. The molecule has 2 heteroatoms. The maximum absolute atomic E-state index is 10.0. The smallest absolute Gasteiger partial charge is 0.119 e. The fourth-order valence-corrected chi connectivity index (χ4v) is 1.64. The summed E-state index contributed by atoms with van der Waals surface area (Å²) in [4.78, 5) is 0. The molecule has 16 heavy (non-hydrogen) atoms. The molecule has 0 fully saturated rings. The number of rotatable bonds is 6. The quantitative estimate of drug-likeness (QED) is 0.797. The Kier molecular flexibility index (Phi) is 5.33. The van der Waals surface area contributed by atoms with Crippen LogP contribution in [0.15, 0.2) is 24.3 Å². The Hall–Kier alpha value is -1.02. The van der Waals surface area contributed by atoms with Crippen molar-refractivity contribution in [2.45, 2.75) is 39.7 Å². The Labute approximate surface area is 98.3 Å². The molecule has 90 valence electrons. The second-order valence-electron chi connectivity index (χ2n) is 4.27. The van der Waals surface area contributed by atoms with E-state index in [2.05, 4.69) is 13.8 Å². The third-order valence-electron chi connectivity index (χ3n) is 2.90. The molecule has 1 rings (SSSR count). The van der Waals surface area contributed by atoms with Gasteiger partial charge >= 0.3 is 0 Å². The largest absolute Gasteiger partial charge is 0.494 e. The van der Waals surface area contributed by atoms with Crippen LogP contribution in [0.3, 0.4) is 0 Å². The normalized spacial score (nSPS) is 14.5. The molecule has 0 aromatic heterocycles.